The third-order valence-corrected chi connectivity index (χ3v) is 8.77. The van der Waals surface area contributed by atoms with Gasteiger partial charge in [0.05, 0.1) is 34.7 Å². The third kappa shape index (κ3) is 2.94. The smallest absolute Gasteiger partial charge is 0.253 e. The molecule has 140 valence electrons. The maximum Gasteiger partial charge on any atom is 0.253 e. The summed E-state index contributed by atoms with van der Waals surface area (Å²) < 4.78 is 25.9. The largest absolute Gasteiger partial charge is 0.339 e. The maximum absolute atomic E-state index is 6.30. The Kier molecular flexibility index (Phi) is 5.73. The Morgan fingerprint density at radius 2 is 1.76 bits per heavy atom. The first-order valence-corrected chi connectivity index (χ1v) is 12.3. The standard InChI is InChI=1S/C17H22Br2O4S2/c1-3-11-14(24-10(2)18)15-12(4-5-13(19)25-15)17(22-8-9-23-17)16(11)20-6-7-21-16/h10,13H,3-9H2,1-2H3. The number of fused-ring (bicyclic) bond motifs is 2. The average molecular weight is 514 g/mol. The number of alkyl halides is 2. The highest BCUT2D eigenvalue weighted by Gasteiger charge is 2.67. The van der Waals surface area contributed by atoms with Crippen molar-refractivity contribution in [3.05, 3.63) is 21.0 Å². The number of ether oxygens (including phenoxy) is 4. The molecule has 2 spiro atoms. The van der Waals surface area contributed by atoms with Crippen molar-refractivity contribution in [1.82, 2.24) is 0 Å². The zero-order valence-corrected chi connectivity index (χ0v) is 19.1. The summed E-state index contributed by atoms with van der Waals surface area (Å²) in [6, 6.07) is 0. The average Bonchev–Trinajstić information content (AvgIpc) is 3.24. The van der Waals surface area contributed by atoms with Gasteiger partial charge in [-0.2, -0.15) is 0 Å². The normalized spacial score (nSPS) is 31.9. The van der Waals surface area contributed by atoms with Crippen LogP contribution in [0.2, 0.25) is 0 Å². The Morgan fingerprint density at radius 1 is 1.16 bits per heavy atom. The minimum Gasteiger partial charge on any atom is -0.339 e. The number of thioether (sulfide) groups is 2. The summed E-state index contributed by atoms with van der Waals surface area (Å²) in [5.74, 6) is -1.87. The van der Waals surface area contributed by atoms with Crippen LogP contribution in [0.1, 0.15) is 33.1 Å². The Labute approximate surface area is 174 Å². The van der Waals surface area contributed by atoms with Gasteiger partial charge < -0.3 is 18.9 Å². The lowest BCUT2D eigenvalue weighted by Gasteiger charge is -2.50. The molecule has 3 aliphatic heterocycles. The van der Waals surface area contributed by atoms with E-state index >= 15 is 0 Å². The van der Waals surface area contributed by atoms with Crippen LogP contribution in [0.15, 0.2) is 21.0 Å². The van der Waals surface area contributed by atoms with Crippen LogP contribution in [0.5, 0.6) is 0 Å². The summed E-state index contributed by atoms with van der Waals surface area (Å²) in [6.45, 7) is 6.59. The predicted molar refractivity (Wildman–Crippen MR) is 109 cm³/mol. The van der Waals surface area contributed by atoms with Gasteiger partial charge in [-0.25, -0.2) is 0 Å². The lowest BCUT2D eigenvalue weighted by atomic mass is 9.81. The van der Waals surface area contributed by atoms with E-state index in [0.717, 1.165) is 24.8 Å². The molecule has 0 amide bonds. The van der Waals surface area contributed by atoms with E-state index < -0.39 is 11.6 Å². The SMILES string of the molecule is CCC1=C(SC(C)Br)C2=C(CCC(Br)S2)C2(OCCO2)C12OCCO2. The van der Waals surface area contributed by atoms with Crippen molar-refractivity contribution in [2.24, 2.45) is 0 Å². The van der Waals surface area contributed by atoms with Crippen molar-refractivity contribution in [2.75, 3.05) is 26.4 Å². The number of hydrogen-bond donors (Lipinski definition) is 0. The van der Waals surface area contributed by atoms with E-state index in [1.165, 1.54) is 15.4 Å². The van der Waals surface area contributed by atoms with Crippen LogP contribution >= 0.6 is 55.4 Å². The number of halogens is 2. The molecular formula is C17H22Br2O4S2. The second-order valence-electron chi connectivity index (χ2n) is 6.32. The minimum absolute atomic E-state index is 0.298. The van der Waals surface area contributed by atoms with Crippen molar-refractivity contribution in [2.45, 2.75) is 53.0 Å². The van der Waals surface area contributed by atoms with E-state index in [1.807, 2.05) is 23.5 Å². The molecular weight excluding hydrogens is 492 g/mol. The van der Waals surface area contributed by atoms with Gasteiger partial charge in [-0.05, 0) is 26.2 Å². The first kappa shape index (κ1) is 19.3. The molecule has 3 heterocycles. The molecule has 0 N–H and O–H groups in total. The zero-order chi connectivity index (χ0) is 17.7. The Balaban J connectivity index is 1.94. The molecule has 4 nitrogen and oxygen atoms in total. The molecule has 2 saturated heterocycles. The highest BCUT2D eigenvalue weighted by molar-refractivity contribution is 9.11. The fraction of sp³-hybridized carbons (Fsp3) is 0.765. The highest BCUT2D eigenvalue weighted by Crippen LogP contribution is 2.62. The van der Waals surface area contributed by atoms with E-state index in [-0.39, 0.29) is 0 Å². The summed E-state index contributed by atoms with van der Waals surface area (Å²) in [6.07, 6.45) is 2.79. The summed E-state index contributed by atoms with van der Waals surface area (Å²) in [5.41, 5.74) is 2.34. The lowest BCUT2D eigenvalue weighted by molar-refractivity contribution is -0.313. The van der Waals surface area contributed by atoms with Gasteiger partial charge in [0, 0.05) is 21.0 Å². The molecule has 0 aromatic carbocycles. The van der Waals surface area contributed by atoms with E-state index in [4.69, 9.17) is 18.9 Å². The van der Waals surface area contributed by atoms with Crippen molar-refractivity contribution in [3.8, 4) is 0 Å². The van der Waals surface area contributed by atoms with E-state index in [0.29, 0.717) is 34.7 Å². The van der Waals surface area contributed by atoms with Crippen LogP contribution in [0, 0.1) is 0 Å². The monoisotopic (exact) mass is 512 g/mol. The van der Waals surface area contributed by atoms with Crippen molar-refractivity contribution in [1.29, 1.82) is 0 Å². The van der Waals surface area contributed by atoms with Gasteiger partial charge >= 0.3 is 0 Å². The van der Waals surface area contributed by atoms with Gasteiger partial charge in [0.25, 0.3) is 11.6 Å². The molecule has 8 heteroatoms. The number of hydrogen-bond acceptors (Lipinski definition) is 6. The molecule has 2 fully saturated rings. The van der Waals surface area contributed by atoms with Crippen molar-refractivity contribution in [3.63, 3.8) is 0 Å². The van der Waals surface area contributed by atoms with Gasteiger partial charge in [-0.3, -0.25) is 0 Å². The van der Waals surface area contributed by atoms with Gasteiger partial charge in [0.1, 0.15) is 0 Å². The molecule has 25 heavy (non-hydrogen) atoms. The molecule has 4 aliphatic rings. The van der Waals surface area contributed by atoms with E-state index in [9.17, 15) is 0 Å². The molecule has 0 aromatic rings. The van der Waals surface area contributed by atoms with E-state index in [2.05, 4.69) is 45.7 Å². The fourth-order valence-electron chi connectivity index (χ4n) is 4.05. The lowest BCUT2D eigenvalue weighted by Crippen LogP contribution is -2.61. The van der Waals surface area contributed by atoms with Crippen molar-refractivity contribution >= 4 is 55.4 Å². The molecule has 4 rings (SSSR count). The van der Waals surface area contributed by atoms with Gasteiger partial charge in [0.2, 0.25) is 0 Å². The van der Waals surface area contributed by atoms with E-state index in [1.54, 1.807) is 0 Å². The van der Waals surface area contributed by atoms with Crippen LogP contribution in [0.25, 0.3) is 0 Å². The number of rotatable bonds is 3. The molecule has 2 unspecified atom stereocenters. The second kappa shape index (κ2) is 7.43. The van der Waals surface area contributed by atoms with Crippen molar-refractivity contribution < 1.29 is 18.9 Å². The predicted octanol–water partition coefficient (Wildman–Crippen LogP) is 5.13. The topological polar surface area (TPSA) is 36.9 Å². The molecule has 0 aromatic heterocycles. The van der Waals surface area contributed by atoms with Crippen LogP contribution in [0.4, 0.5) is 0 Å². The summed E-state index contributed by atoms with van der Waals surface area (Å²) in [7, 11) is 0. The first-order valence-electron chi connectivity index (χ1n) is 8.69. The zero-order valence-electron chi connectivity index (χ0n) is 14.3. The van der Waals surface area contributed by atoms with Crippen LogP contribution in [-0.2, 0) is 18.9 Å². The van der Waals surface area contributed by atoms with Crippen LogP contribution in [0.3, 0.4) is 0 Å². The van der Waals surface area contributed by atoms with Gasteiger partial charge in [-0.1, -0.05) is 38.8 Å². The molecule has 2 atom stereocenters. The van der Waals surface area contributed by atoms with Gasteiger partial charge in [0.15, 0.2) is 0 Å². The molecule has 0 bridgehead atoms. The Morgan fingerprint density at radius 3 is 2.32 bits per heavy atom. The minimum atomic E-state index is -0.943. The Hall–Kier alpha value is 0.980. The first-order chi connectivity index (χ1) is 12.0. The molecule has 0 saturated carbocycles. The Bertz CT molecular complexity index is 608. The highest BCUT2D eigenvalue weighted by atomic mass is 79.9. The molecule has 0 radical (unpaired) electrons. The summed E-state index contributed by atoms with van der Waals surface area (Å²) in [5, 5.41) is 0. The van der Waals surface area contributed by atoms with Crippen LogP contribution < -0.4 is 0 Å². The van der Waals surface area contributed by atoms with Gasteiger partial charge in [-0.15, -0.1) is 23.5 Å². The fourth-order valence-corrected chi connectivity index (χ4v) is 7.77. The van der Waals surface area contributed by atoms with Crippen LogP contribution in [-0.4, -0.2) is 46.3 Å². The third-order valence-electron chi connectivity index (χ3n) is 4.87. The molecule has 1 aliphatic carbocycles. The summed E-state index contributed by atoms with van der Waals surface area (Å²) >= 11 is 11.2. The quantitative estimate of drug-likeness (QED) is 0.487. The summed E-state index contributed by atoms with van der Waals surface area (Å²) in [4.78, 5) is 2.55. The second-order valence-corrected chi connectivity index (χ2v) is 12.6. The maximum atomic E-state index is 6.30.